The van der Waals surface area contributed by atoms with Gasteiger partial charge in [0, 0.05) is 11.9 Å². The van der Waals surface area contributed by atoms with Crippen molar-refractivity contribution in [3.8, 4) is 0 Å². The summed E-state index contributed by atoms with van der Waals surface area (Å²) in [5, 5.41) is 1.51. The zero-order valence-electron chi connectivity index (χ0n) is 7.11. The fourth-order valence-electron chi connectivity index (χ4n) is 0.535. The van der Waals surface area contributed by atoms with Crippen LogP contribution in [0.25, 0.3) is 0 Å². The predicted octanol–water partition coefficient (Wildman–Crippen LogP) is 2.09. The third-order valence-electron chi connectivity index (χ3n) is 0.957. The molecule has 0 rings (SSSR count). The lowest BCUT2D eigenvalue weighted by Gasteiger charge is -2.16. The Morgan fingerprint density at radius 1 is 1.40 bits per heavy atom. The number of halogens is 1. The van der Waals surface area contributed by atoms with Crippen LogP contribution in [0.1, 0.15) is 27.2 Å². The van der Waals surface area contributed by atoms with Gasteiger partial charge in [-0.05, 0) is 11.5 Å². The molecule has 0 radical (unpaired) electrons. The Morgan fingerprint density at radius 2 is 2.00 bits per heavy atom. The average molecular weight is 225 g/mol. The molecule has 0 unspecified atom stereocenters. The normalized spacial score (nSPS) is 13.2. The Hall–Kier alpha value is 0.657. The summed E-state index contributed by atoms with van der Waals surface area (Å²) in [6.07, 6.45) is 1.14. The van der Waals surface area contributed by atoms with E-state index < -0.39 is 0 Å². The third-order valence-corrected chi connectivity index (χ3v) is 2.88. The molecule has 0 spiro atoms. The monoisotopic (exact) mass is 224 g/mol. The van der Waals surface area contributed by atoms with E-state index in [4.69, 9.17) is 4.43 Å². The van der Waals surface area contributed by atoms with Gasteiger partial charge in [0.25, 0.3) is 0 Å². The molecule has 62 valence electrons. The van der Waals surface area contributed by atoms with Crippen molar-refractivity contribution in [2.24, 2.45) is 0 Å². The molecule has 0 aliphatic carbocycles. The molecule has 1 nitrogen and oxygen atoms in total. The van der Waals surface area contributed by atoms with E-state index in [1.54, 1.807) is 0 Å². The molecule has 0 aliphatic rings. The Morgan fingerprint density at radius 3 is 2.40 bits per heavy atom. The predicted molar refractivity (Wildman–Crippen MR) is 52.6 cm³/mol. The van der Waals surface area contributed by atoms with Gasteiger partial charge in [-0.15, -0.1) is 0 Å². The van der Waals surface area contributed by atoms with Gasteiger partial charge in [-0.3, -0.25) is 0 Å². The Bertz CT molecular complexity index is 80.2. The Balaban J connectivity index is 3.04. The van der Waals surface area contributed by atoms with Crippen molar-refractivity contribution in [3.05, 3.63) is 0 Å². The zero-order chi connectivity index (χ0) is 8.04. The molecule has 0 fully saturated rings. The van der Waals surface area contributed by atoms with Crippen LogP contribution in [0.2, 0.25) is 5.04 Å². The van der Waals surface area contributed by atoms with E-state index in [1.807, 2.05) is 0 Å². The van der Waals surface area contributed by atoms with Crippen LogP contribution < -0.4 is 0 Å². The number of alkyl halides is 1. The molecule has 3 heteroatoms. The van der Waals surface area contributed by atoms with Crippen LogP contribution in [0.3, 0.4) is 0 Å². The molecule has 0 aromatic rings. The summed E-state index contributed by atoms with van der Waals surface area (Å²) in [7, 11) is -0.292. The van der Waals surface area contributed by atoms with E-state index in [-0.39, 0.29) is 9.76 Å². The number of rotatable bonds is 4. The van der Waals surface area contributed by atoms with Gasteiger partial charge in [-0.25, -0.2) is 0 Å². The highest BCUT2D eigenvalue weighted by Gasteiger charge is 2.10. The Labute approximate surface area is 74.6 Å². The SMILES string of the molecule is CC(C)(C)[SiH2]OCCCBr. The van der Waals surface area contributed by atoms with Crippen molar-refractivity contribution in [1.82, 2.24) is 0 Å². The molecule has 0 atom stereocenters. The van der Waals surface area contributed by atoms with Crippen molar-refractivity contribution >= 4 is 25.7 Å². The molecule has 0 amide bonds. The lowest BCUT2D eigenvalue weighted by molar-refractivity contribution is 0.322. The van der Waals surface area contributed by atoms with Crippen LogP contribution in [0.5, 0.6) is 0 Å². The van der Waals surface area contributed by atoms with E-state index >= 15 is 0 Å². The van der Waals surface area contributed by atoms with Gasteiger partial charge in [0.2, 0.25) is 0 Å². The second kappa shape index (κ2) is 5.33. The molecular weight excluding hydrogens is 208 g/mol. The number of hydrogen-bond donors (Lipinski definition) is 0. The first kappa shape index (κ1) is 10.7. The molecule has 0 aromatic carbocycles. The van der Waals surface area contributed by atoms with Gasteiger partial charge >= 0.3 is 0 Å². The van der Waals surface area contributed by atoms with Gasteiger partial charge < -0.3 is 4.43 Å². The highest BCUT2D eigenvalue weighted by molar-refractivity contribution is 9.09. The van der Waals surface area contributed by atoms with Gasteiger partial charge in [0.15, 0.2) is 9.76 Å². The second-order valence-electron chi connectivity index (χ2n) is 3.66. The van der Waals surface area contributed by atoms with E-state index in [1.165, 1.54) is 0 Å². The molecule has 0 aliphatic heterocycles. The lowest BCUT2D eigenvalue weighted by Crippen LogP contribution is -2.13. The molecule has 0 aromatic heterocycles. The van der Waals surface area contributed by atoms with Crippen molar-refractivity contribution in [3.63, 3.8) is 0 Å². The summed E-state index contributed by atoms with van der Waals surface area (Å²) >= 11 is 3.37. The standard InChI is InChI=1S/C7H17BrOSi/c1-7(2,3)10-9-6-4-5-8/h4-6,10H2,1-3H3. The summed E-state index contributed by atoms with van der Waals surface area (Å²) in [6, 6.07) is 0. The zero-order valence-corrected chi connectivity index (χ0v) is 10.1. The van der Waals surface area contributed by atoms with Gasteiger partial charge in [0.05, 0.1) is 0 Å². The fraction of sp³-hybridized carbons (Fsp3) is 1.00. The summed E-state index contributed by atoms with van der Waals surface area (Å²) in [5.74, 6) is 0. The first-order valence-corrected chi connectivity index (χ1v) is 6.10. The maximum absolute atomic E-state index is 5.55. The van der Waals surface area contributed by atoms with Crippen LogP contribution in [0, 0.1) is 0 Å². The summed E-state index contributed by atoms with van der Waals surface area (Å²) in [6.45, 7) is 7.67. The first-order chi connectivity index (χ1) is 4.56. The highest BCUT2D eigenvalue weighted by atomic mass is 79.9. The van der Waals surface area contributed by atoms with E-state index in [2.05, 4.69) is 36.7 Å². The molecule has 0 N–H and O–H groups in total. The smallest absolute Gasteiger partial charge is 0.166 e. The van der Waals surface area contributed by atoms with Gasteiger partial charge in [0.1, 0.15) is 0 Å². The Kier molecular flexibility index (Phi) is 5.68. The molecule has 0 bridgehead atoms. The van der Waals surface area contributed by atoms with E-state index in [0.717, 1.165) is 18.4 Å². The first-order valence-electron chi connectivity index (χ1n) is 3.70. The van der Waals surface area contributed by atoms with Crippen molar-refractivity contribution in [1.29, 1.82) is 0 Å². The maximum Gasteiger partial charge on any atom is 0.166 e. The quantitative estimate of drug-likeness (QED) is 0.404. The lowest BCUT2D eigenvalue weighted by atomic mass is 10.3. The summed E-state index contributed by atoms with van der Waals surface area (Å²) in [4.78, 5) is 0. The molecule has 0 heterocycles. The van der Waals surface area contributed by atoms with Gasteiger partial charge in [-0.2, -0.15) is 0 Å². The molecule has 0 saturated carbocycles. The van der Waals surface area contributed by atoms with Crippen LogP contribution >= 0.6 is 15.9 Å². The van der Waals surface area contributed by atoms with Crippen molar-refractivity contribution in [2.45, 2.75) is 32.2 Å². The largest absolute Gasteiger partial charge is 0.423 e. The summed E-state index contributed by atoms with van der Waals surface area (Å²) in [5.41, 5.74) is 0. The van der Waals surface area contributed by atoms with Crippen LogP contribution in [0.15, 0.2) is 0 Å². The van der Waals surface area contributed by atoms with Crippen molar-refractivity contribution in [2.75, 3.05) is 11.9 Å². The minimum atomic E-state index is -0.292. The van der Waals surface area contributed by atoms with Crippen LogP contribution in [-0.4, -0.2) is 21.7 Å². The van der Waals surface area contributed by atoms with Gasteiger partial charge in [-0.1, -0.05) is 36.7 Å². The minimum absolute atomic E-state index is 0.292. The molecule has 0 saturated heterocycles. The topological polar surface area (TPSA) is 9.23 Å². The van der Waals surface area contributed by atoms with E-state index in [9.17, 15) is 0 Å². The number of hydrogen-bond acceptors (Lipinski definition) is 1. The second-order valence-corrected chi connectivity index (χ2v) is 7.27. The summed E-state index contributed by atoms with van der Waals surface area (Å²) < 4.78 is 5.55. The minimum Gasteiger partial charge on any atom is -0.423 e. The van der Waals surface area contributed by atoms with Crippen molar-refractivity contribution < 1.29 is 4.43 Å². The molecule has 10 heavy (non-hydrogen) atoms. The van der Waals surface area contributed by atoms with E-state index in [0.29, 0.717) is 5.04 Å². The maximum atomic E-state index is 5.55. The third kappa shape index (κ3) is 8.66. The molecular formula is C7H17BrOSi. The average Bonchev–Trinajstić information content (AvgIpc) is 1.78. The van der Waals surface area contributed by atoms with Crippen LogP contribution in [0.4, 0.5) is 0 Å². The highest BCUT2D eigenvalue weighted by Crippen LogP contribution is 2.19. The fourth-order valence-corrected chi connectivity index (χ4v) is 1.72. The van der Waals surface area contributed by atoms with Crippen LogP contribution in [-0.2, 0) is 4.43 Å².